The van der Waals surface area contributed by atoms with Gasteiger partial charge in [-0.2, -0.15) is 0 Å². The van der Waals surface area contributed by atoms with Gasteiger partial charge in [0.2, 0.25) is 12.2 Å². The second kappa shape index (κ2) is 23.6. The molecule has 7 heteroatoms. The Morgan fingerprint density at radius 2 is 1.53 bits per heavy atom. The van der Waals surface area contributed by atoms with E-state index in [4.69, 9.17) is 31.2 Å². The van der Waals surface area contributed by atoms with Crippen molar-refractivity contribution >= 4 is 18.1 Å². The molecule has 98 valence electrons. The molecule has 0 saturated carbocycles. The summed E-state index contributed by atoms with van der Waals surface area (Å²) in [6, 6.07) is -0.713. The molecule has 1 unspecified atom stereocenters. The third-order valence-electron chi connectivity index (χ3n) is 1.00. The number of hydrogen-bond acceptors (Lipinski definition) is 6. The lowest BCUT2D eigenvalue weighted by molar-refractivity contribution is -0.139. The Morgan fingerprint density at radius 1 is 1.35 bits per heavy atom. The summed E-state index contributed by atoms with van der Waals surface area (Å²) >= 11 is 0. The molecule has 0 rings (SSSR count). The zero-order valence-electron chi connectivity index (χ0n) is 10.2. The van der Waals surface area contributed by atoms with Crippen LogP contribution in [0.2, 0.25) is 0 Å². The van der Waals surface area contributed by atoms with Crippen LogP contribution < -0.4 is 5.73 Å². The van der Waals surface area contributed by atoms with Crippen molar-refractivity contribution in [2.45, 2.75) is 26.8 Å². The van der Waals surface area contributed by atoms with Crippen LogP contribution in [0.3, 0.4) is 0 Å². The van der Waals surface area contributed by atoms with Gasteiger partial charge in [-0.25, -0.2) is 20.4 Å². The predicted molar refractivity (Wildman–Crippen MR) is 63.1 cm³/mol. The lowest BCUT2D eigenvalue weighted by Gasteiger charge is -2.07. The molecule has 0 aliphatic carbocycles. The predicted octanol–water partition coefficient (Wildman–Crippen LogP) is 1.05. The molecule has 0 heterocycles. The molecule has 0 amide bonds. The Balaban J connectivity index is -0.0000000784. The van der Waals surface area contributed by atoms with Gasteiger partial charge in [-0.15, -0.1) is 6.58 Å². The van der Waals surface area contributed by atoms with E-state index in [9.17, 15) is 4.79 Å². The van der Waals surface area contributed by atoms with Crippen LogP contribution in [0.4, 0.5) is 0 Å². The van der Waals surface area contributed by atoms with E-state index < -0.39 is 12.0 Å². The number of nitrogens with one attached hydrogen (secondary N) is 2. The fourth-order valence-corrected chi connectivity index (χ4v) is 0.285. The molecule has 0 bridgehead atoms. The van der Waals surface area contributed by atoms with Crippen LogP contribution in [-0.4, -0.2) is 29.3 Å². The quantitative estimate of drug-likeness (QED) is 0.326. The molecule has 0 spiro atoms. The number of nitrogens with two attached hydrogens (primary N) is 1. The highest BCUT2D eigenvalue weighted by Crippen LogP contribution is 1.96. The number of carboxylic acid groups (broad SMARTS) is 1. The van der Waals surface area contributed by atoms with Gasteiger partial charge in [0.05, 0.1) is 0 Å². The van der Waals surface area contributed by atoms with E-state index in [0.717, 1.165) is 12.2 Å². The second-order valence-electron chi connectivity index (χ2n) is 2.72. The van der Waals surface area contributed by atoms with Gasteiger partial charge in [-0.1, -0.05) is 19.9 Å². The molecule has 7 nitrogen and oxygen atoms in total. The molecule has 0 fully saturated rings. The van der Waals surface area contributed by atoms with E-state index in [2.05, 4.69) is 6.58 Å². The van der Waals surface area contributed by atoms with Gasteiger partial charge in [0.25, 0.3) is 0 Å². The largest absolute Gasteiger partial charge is 0.480 e. The lowest BCUT2D eigenvalue weighted by atomic mass is 10.1. The highest BCUT2D eigenvalue weighted by Gasteiger charge is 2.14. The van der Waals surface area contributed by atoms with Gasteiger partial charge in [0.1, 0.15) is 6.04 Å². The van der Waals surface area contributed by atoms with Gasteiger partial charge in [0, 0.05) is 0 Å². The molecule has 5 N–H and O–H groups in total. The standard InChI is InChI=1S/C5H11NO2.C3H6.2CHNO/c1-3(2)4(6)5(7)8;1-3-2;2*2-1-3/h3-4H,6H2,1-2H3,(H,7,8);3H,1H2,2H3;2*2H. The Bertz CT molecular complexity index is 240. The van der Waals surface area contributed by atoms with Crippen LogP contribution in [0, 0.1) is 16.7 Å². The summed E-state index contributed by atoms with van der Waals surface area (Å²) in [6.45, 7) is 8.80. The monoisotopic (exact) mass is 245 g/mol. The second-order valence-corrected chi connectivity index (χ2v) is 2.72. The van der Waals surface area contributed by atoms with Gasteiger partial charge in [-0.05, 0) is 12.8 Å². The molecule has 1 atom stereocenters. The first-order valence-electron chi connectivity index (χ1n) is 4.43. The third-order valence-corrected chi connectivity index (χ3v) is 1.00. The van der Waals surface area contributed by atoms with Crippen LogP contribution in [0.25, 0.3) is 0 Å². The lowest BCUT2D eigenvalue weighted by Crippen LogP contribution is -2.34. The number of carbonyl (C=O) groups excluding carboxylic acids is 2. The topological polar surface area (TPSA) is 145 Å². The third kappa shape index (κ3) is 56.4. The highest BCUT2D eigenvalue weighted by molar-refractivity contribution is 5.73. The van der Waals surface area contributed by atoms with Crippen LogP contribution in [0.5, 0.6) is 0 Å². The number of rotatable bonds is 2. The van der Waals surface area contributed by atoms with Crippen molar-refractivity contribution in [3.05, 3.63) is 12.7 Å². The summed E-state index contributed by atoms with van der Waals surface area (Å²) < 4.78 is 0. The SMILES string of the molecule is C=CC.CC(C)C(N)C(=O)O.N=C=O.N=C=O. The summed E-state index contributed by atoms with van der Waals surface area (Å²) in [6.07, 6.45) is 3.25. The Hall–Kier alpha value is -2.07. The van der Waals surface area contributed by atoms with Crippen molar-refractivity contribution in [2.75, 3.05) is 0 Å². The molecule has 0 aliphatic heterocycles. The first-order valence-corrected chi connectivity index (χ1v) is 4.43. The van der Waals surface area contributed by atoms with Crippen molar-refractivity contribution in [2.24, 2.45) is 11.7 Å². The number of allylic oxidation sites excluding steroid dienone is 1. The summed E-state index contributed by atoms with van der Waals surface area (Å²) in [4.78, 5) is 26.7. The molecule has 0 aromatic carbocycles. The van der Waals surface area contributed by atoms with Gasteiger partial charge in [-0.3, -0.25) is 4.79 Å². The van der Waals surface area contributed by atoms with Gasteiger partial charge in [0.15, 0.2) is 0 Å². The summed E-state index contributed by atoms with van der Waals surface area (Å²) in [5, 5.41) is 19.0. The molecular formula is C10H19N3O4. The summed E-state index contributed by atoms with van der Waals surface area (Å²) in [5.41, 5.74) is 5.16. The van der Waals surface area contributed by atoms with E-state index in [0.29, 0.717) is 0 Å². The molecule has 0 aromatic heterocycles. The van der Waals surface area contributed by atoms with Gasteiger partial charge < -0.3 is 10.8 Å². The Morgan fingerprint density at radius 3 is 1.53 bits per heavy atom. The van der Waals surface area contributed by atoms with E-state index in [1.54, 1.807) is 19.9 Å². The van der Waals surface area contributed by atoms with Crippen LogP contribution in [0.1, 0.15) is 20.8 Å². The minimum Gasteiger partial charge on any atom is -0.480 e. The van der Waals surface area contributed by atoms with Crippen molar-refractivity contribution in [3.63, 3.8) is 0 Å². The maximum atomic E-state index is 10.0. The van der Waals surface area contributed by atoms with Crippen LogP contribution >= 0.6 is 0 Å². The van der Waals surface area contributed by atoms with Crippen molar-refractivity contribution < 1.29 is 19.5 Å². The normalized spacial score (nSPS) is 8.29. The number of carbonyl (C=O) groups is 1. The van der Waals surface area contributed by atoms with Gasteiger partial charge >= 0.3 is 5.97 Å². The average molecular weight is 245 g/mol. The first-order chi connectivity index (χ1) is 7.80. The van der Waals surface area contributed by atoms with Crippen LogP contribution in [-0.2, 0) is 14.4 Å². The molecule has 0 aliphatic rings. The van der Waals surface area contributed by atoms with E-state index in [-0.39, 0.29) is 5.92 Å². The smallest absolute Gasteiger partial charge is 0.320 e. The fourth-order valence-electron chi connectivity index (χ4n) is 0.285. The fraction of sp³-hybridized carbons (Fsp3) is 0.500. The highest BCUT2D eigenvalue weighted by atomic mass is 16.4. The Labute approximate surface area is 100 Å². The maximum absolute atomic E-state index is 10.0. The van der Waals surface area contributed by atoms with E-state index in [1.165, 1.54) is 0 Å². The molecule has 0 saturated heterocycles. The average Bonchev–Trinajstić information content (AvgIpc) is 2.19. The zero-order chi connectivity index (χ0) is 14.9. The minimum absolute atomic E-state index is 0.0208. The number of isocyanates is 2. The molecule has 0 aromatic rings. The Kier molecular flexibility index (Phi) is 33.7. The molecule has 0 radical (unpaired) electrons. The van der Waals surface area contributed by atoms with Crippen molar-refractivity contribution in [3.8, 4) is 0 Å². The van der Waals surface area contributed by atoms with Crippen LogP contribution in [0.15, 0.2) is 12.7 Å². The van der Waals surface area contributed by atoms with E-state index >= 15 is 0 Å². The van der Waals surface area contributed by atoms with E-state index in [1.807, 2.05) is 6.92 Å². The summed E-state index contributed by atoms with van der Waals surface area (Å²) in [5.74, 6) is -0.910. The van der Waals surface area contributed by atoms with Crippen molar-refractivity contribution in [1.29, 1.82) is 10.8 Å². The zero-order valence-corrected chi connectivity index (χ0v) is 10.2. The number of carboxylic acids is 1. The minimum atomic E-state index is -0.931. The van der Waals surface area contributed by atoms with Crippen molar-refractivity contribution in [1.82, 2.24) is 0 Å². The number of hydrogen-bond donors (Lipinski definition) is 4. The number of aliphatic carboxylic acids is 1. The molecule has 17 heavy (non-hydrogen) atoms. The maximum Gasteiger partial charge on any atom is 0.320 e. The molecular weight excluding hydrogens is 226 g/mol. The first kappa shape index (κ1) is 24.3. The summed E-state index contributed by atoms with van der Waals surface area (Å²) in [7, 11) is 0.